The fourth-order valence-electron chi connectivity index (χ4n) is 2.19. The second-order valence-corrected chi connectivity index (χ2v) is 4.95. The summed E-state index contributed by atoms with van der Waals surface area (Å²) in [5.74, 6) is 2.53. The highest BCUT2D eigenvalue weighted by Crippen LogP contribution is 2.25. The molecule has 6 nitrogen and oxygen atoms in total. The number of ether oxygens (including phenoxy) is 2. The Morgan fingerprint density at radius 2 is 1.83 bits per heavy atom. The zero-order chi connectivity index (χ0) is 17.7. The van der Waals surface area contributed by atoms with Crippen molar-refractivity contribution in [2.45, 2.75) is 12.8 Å². The van der Waals surface area contributed by atoms with Gasteiger partial charge in [0, 0.05) is 29.0 Å². The SMILES string of the molecule is COC(=O)C#Cc1ccc2c(c1)C=C(CCC(=O)OC)C(=O)C2=O. The molecule has 24 heavy (non-hydrogen) atoms. The van der Waals surface area contributed by atoms with Crippen LogP contribution in [0.3, 0.4) is 0 Å². The number of ketones is 2. The molecule has 0 fully saturated rings. The molecule has 0 spiro atoms. The van der Waals surface area contributed by atoms with Crippen LogP contribution in [0, 0.1) is 11.8 Å². The molecule has 0 saturated carbocycles. The van der Waals surface area contributed by atoms with Gasteiger partial charge in [-0.25, -0.2) is 4.79 Å². The van der Waals surface area contributed by atoms with Crippen molar-refractivity contribution in [3.63, 3.8) is 0 Å². The lowest BCUT2D eigenvalue weighted by atomic mass is 9.87. The van der Waals surface area contributed by atoms with Crippen LogP contribution in [0.5, 0.6) is 0 Å². The van der Waals surface area contributed by atoms with Gasteiger partial charge in [0.15, 0.2) is 0 Å². The molecule has 1 aromatic rings. The number of hydrogen-bond acceptors (Lipinski definition) is 6. The number of carbonyl (C=O) groups excluding carboxylic acids is 4. The molecule has 0 amide bonds. The topological polar surface area (TPSA) is 86.7 Å². The van der Waals surface area contributed by atoms with Crippen molar-refractivity contribution in [1.29, 1.82) is 0 Å². The Kier molecular flexibility index (Phi) is 5.27. The lowest BCUT2D eigenvalue weighted by Crippen LogP contribution is -2.22. The zero-order valence-electron chi connectivity index (χ0n) is 13.2. The minimum Gasteiger partial charge on any atom is -0.469 e. The summed E-state index contributed by atoms with van der Waals surface area (Å²) in [5, 5.41) is 0. The molecule has 0 saturated heterocycles. The maximum Gasteiger partial charge on any atom is 0.384 e. The second kappa shape index (κ2) is 7.38. The van der Waals surface area contributed by atoms with Gasteiger partial charge in [-0.15, -0.1) is 0 Å². The van der Waals surface area contributed by atoms with Crippen molar-refractivity contribution < 1.29 is 28.7 Å². The first kappa shape index (κ1) is 17.2. The summed E-state index contributed by atoms with van der Waals surface area (Å²) in [6, 6.07) is 4.64. The average Bonchev–Trinajstić information content (AvgIpc) is 2.60. The van der Waals surface area contributed by atoms with Gasteiger partial charge in [-0.05, 0) is 36.3 Å². The van der Waals surface area contributed by atoms with Crippen LogP contribution in [-0.2, 0) is 23.9 Å². The van der Waals surface area contributed by atoms with Gasteiger partial charge in [-0.2, -0.15) is 0 Å². The first-order chi connectivity index (χ1) is 11.5. The number of rotatable bonds is 3. The molecule has 0 radical (unpaired) electrons. The van der Waals surface area contributed by atoms with E-state index in [0.29, 0.717) is 11.1 Å². The second-order valence-electron chi connectivity index (χ2n) is 4.95. The van der Waals surface area contributed by atoms with E-state index in [4.69, 9.17) is 0 Å². The van der Waals surface area contributed by atoms with Gasteiger partial charge in [0.25, 0.3) is 0 Å². The molecule has 0 aliphatic heterocycles. The molecular weight excluding hydrogens is 312 g/mol. The van der Waals surface area contributed by atoms with Crippen molar-refractivity contribution in [3.05, 3.63) is 40.5 Å². The van der Waals surface area contributed by atoms with Crippen LogP contribution >= 0.6 is 0 Å². The summed E-state index contributed by atoms with van der Waals surface area (Å²) in [5.41, 5.74) is 1.54. The monoisotopic (exact) mass is 326 g/mol. The molecule has 2 rings (SSSR count). The third-order valence-electron chi connectivity index (χ3n) is 3.44. The minimum atomic E-state index is -0.673. The van der Waals surface area contributed by atoms with E-state index in [2.05, 4.69) is 21.3 Å². The Bertz CT molecular complexity index is 820. The Morgan fingerprint density at radius 1 is 1.08 bits per heavy atom. The molecule has 6 heteroatoms. The first-order valence-electron chi connectivity index (χ1n) is 7.06. The highest BCUT2D eigenvalue weighted by Gasteiger charge is 2.27. The summed E-state index contributed by atoms with van der Waals surface area (Å²) in [7, 11) is 2.48. The average molecular weight is 326 g/mol. The molecule has 0 heterocycles. The summed E-state index contributed by atoms with van der Waals surface area (Å²) < 4.78 is 8.96. The van der Waals surface area contributed by atoms with Gasteiger partial charge in [0.05, 0.1) is 14.2 Å². The molecule has 0 atom stereocenters. The lowest BCUT2D eigenvalue weighted by Gasteiger charge is -2.14. The maximum absolute atomic E-state index is 12.1. The number of benzene rings is 1. The molecule has 0 N–H and O–H groups in total. The molecule has 1 aliphatic rings. The number of methoxy groups -OCH3 is 2. The van der Waals surface area contributed by atoms with Crippen molar-refractivity contribution in [2.24, 2.45) is 0 Å². The Morgan fingerprint density at radius 3 is 2.50 bits per heavy atom. The van der Waals surface area contributed by atoms with Crippen LogP contribution in [0.4, 0.5) is 0 Å². The molecule has 122 valence electrons. The van der Waals surface area contributed by atoms with Crippen LogP contribution in [0.15, 0.2) is 23.8 Å². The van der Waals surface area contributed by atoms with Crippen LogP contribution in [0.25, 0.3) is 6.08 Å². The highest BCUT2D eigenvalue weighted by atomic mass is 16.5. The quantitative estimate of drug-likeness (QED) is 0.473. The third-order valence-corrected chi connectivity index (χ3v) is 3.44. The Labute approximate surface area is 138 Å². The van der Waals surface area contributed by atoms with Gasteiger partial charge in [-0.3, -0.25) is 14.4 Å². The van der Waals surface area contributed by atoms with Gasteiger partial charge in [0.1, 0.15) is 0 Å². The van der Waals surface area contributed by atoms with E-state index in [0.717, 1.165) is 0 Å². The lowest BCUT2D eigenvalue weighted by molar-refractivity contribution is -0.140. The number of Topliss-reactive ketones (excluding diaryl/α,β-unsaturated/α-hetero) is 2. The fourth-order valence-corrected chi connectivity index (χ4v) is 2.19. The smallest absolute Gasteiger partial charge is 0.384 e. The third kappa shape index (κ3) is 3.76. The Balaban J connectivity index is 2.33. The summed E-state index contributed by atoms with van der Waals surface area (Å²) in [6.07, 6.45) is 1.69. The van der Waals surface area contributed by atoms with Gasteiger partial charge >= 0.3 is 11.9 Å². The van der Waals surface area contributed by atoms with Gasteiger partial charge in [-0.1, -0.05) is 5.92 Å². The number of esters is 2. The normalized spacial score (nSPS) is 12.5. The predicted octanol–water partition coefficient (Wildman–Crippen LogP) is 1.31. The van der Waals surface area contributed by atoms with Crippen molar-refractivity contribution in [2.75, 3.05) is 14.2 Å². The molecule has 1 aliphatic carbocycles. The molecule has 1 aromatic carbocycles. The van der Waals surface area contributed by atoms with Crippen molar-refractivity contribution in [3.8, 4) is 11.8 Å². The van der Waals surface area contributed by atoms with E-state index >= 15 is 0 Å². The van der Waals surface area contributed by atoms with E-state index in [9.17, 15) is 19.2 Å². The summed E-state index contributed by atoms with van der Waals surface area (Å²) >= 11 is 0. The van der Waals surface area contributed by atoms with E-state index < -0.39 is 23.5 Å². The Hall–Kier alpha value is -3.20. The van der Waals surface area contributed by atoms with Gasteiger partial charge in [0.2, 0.25) is 11.6 Å². The molecular formula is C18H14O6. The van der Waals surface area contributed by atoms with E-state index in [1.54, 1.807) is 18.2 Å². The van der Waals surface area contributed by atoms with Crippen LogP contribution in [0.2, 0.25) is 0 Å². The van der Waals surface area contributed by atoms with Crippen molar-refractivity contribution in [1.82, 2.24) is 0 Å². The minimum absolute atomic E-state index is 0.0124. The van der Waals surface area contributed by atoms with E-state index in [-0.39, 0.29) is 24.0 Å². The standard InChI is InChI=1S/C18H14O6/c1-23-15(19)7-4-11-3-6-14-13(9-11)10-12(17(21)18(14)22)5-8-16(20)24-2/h3,6,9-10H,5,8H2,1-2H3. The zero-order valence-corrected chi connectivity index (χ0v) is 13.2. The summed E-state index contributed by atoms with van der Waals surface area (Å²) in [6.45, 7) is 0. The molecule has 0 unspecified atom stereocenters. The fraction of sp³-hybridized carbons (Fsp3) is 0.222. The van der Waals surface area contributed by atoms with Gasteiger partial charge < -0.3 is 9.47 Å². The number of hydrogen-bond donors (Lipinski definition) is 0. The molecule has 0 aromatic heterocycles. The molecule has 0 bridgehead atoms. The van der Waals surface area contributed by atoms with E-state index in [1.807, 2.05) is 0 Å². The maximum atomic E-state index is 12.1. The van der Waals surface area contributed by atoms with Crippen LogP contribution < -0.4 is 0 Å². The van der Waals surface area contributed by atoms with E-state index in [1.165, 1.54) is 20.3 Å². The van der Waals surface area contributed by atoms with Crippen molar-refractivity contribution >= 4 is 29.6 Å². The number of carbonyl (C=O) groups is 4. The first-order valence-corrected chi connectivity index (χ1v) is 7.06. The number of fused-ring (bicyclic) bond motifs is 1. The predicted molar refractivity (Wildman–Crippen MR) is 83.9 cm³/mol. The van der Waals surface area contributed by atoms with Crippen LogP contribution in [-0.4, -0.2) is 37.7 Å². The summed E-state index contributed by atoms with van der Waals surface area (Å²) in [4.78, 5) is 46.5. The number of allylic oxidation sites excluding steroid dienone is 1. The largest absolute Gasteiger partial charge is 0.469 e. The highest BCUT2D eigenvalue weighted by molar-refractivity contribution is 6.51. The van der Waals surface area contributed by atoms with Crippen LogP contribution in [0.1, 0.15) is 34.3 Å².